The number of amides is 1. The molecule has 3 aromatic rings. The number of carbonyl (C=O) groups is 1. The van der Waals surface area contributed by atoms with Gasteiger partial charge in [-0.3, -0.25) is 4.79 Å². The number of piperidine rings is 1. The minimum Gasteiger partial charge on any atom is -0.377 e. The average Bonchev–Trinajstić information content (AvgIpc) is 3.56. The Bertz CT molecular complexity index is 1500. The molecule has 2 atom stereocenters. The van der Waals surface area contributed by atoms with Gasteiger partial charge in [0.1, 0.15) is 17.3 Å². The zero-order valence-corrected chi connectivity index (χ0v) is 26.9. The third-order valence-electron chi connectivity index (χ3n) is 7.86. The van der Waals surface area contributed by atoms with Crippen LogP contribution in [0.25, 0.3) is 16.8 Å². The Morgan fingerprint density at radius 2 is 1.79 bits per heavy atom. The number of nitrogens with one attached hydrogen (secondary N) is 1. The van der Waals surface area contributed by atoms with Crippen molar-refractivity contribution in [2.75, 3.05) is 64.7 Å². The molecular formula is C35H43N6O6. The summed E-state index contributed by atoms with van der Waals surface area (Å²) >= 11 is 0. The topological polar surface area (TPSA) is 133 Å². The van der Waals surface area contributed by atoms with Crippen LogP contribution in [0.1, 0.15) is 30.5 Å². The molecule has 12 heteroatoms. The van der Waals surface area contributed by atoms with Crippen LogP contribution in [-0.2, 0) is 41.6 Å². The zero-order valence-electron chi connectivity index (χ0n) is 26.9. The fourth-order valence-corrected chi connectivity index (χ4v) is 5.41. The van der Waals surface area contributed by atoms with Crippen molar-refractivity contribution >= 4 is 28.4 Å². The molecule has 1 N–H and O–H groups in total. The molecule has 2 unspecified atom stereocenters. The lowest BCUT2D eigenvalue weighted by molar-refractivity contribution is -0.136. The molecule has 1 amide bonds. The molecule has 2 fully saturated rings. The SMILES string of the molecule is COC1[CH][CH][CH]C(Cn2cc(COCCOCCOCCNC(=O)/C(C#N)=C/c3ccc4cc(N5CCCCC5)ccc4c3)nn2)O1. The molecule has 2 saturated heterocycles. The van der Waals surface area contributed by atoms with Crippen LogP contribution in [0.2, 0.25) is 0 Å². The lowest BCUT2D eigenvalue weighted by Gasteiger charge is -2.29. The molecule has 0 saturated carbocycles. The summed E-state index contributed by atoms with van der Waals surface area (Å²) < 4.78 is 29.4. The second-order valence-corrected chi connectivity index (χ2v) is 11.3. The number of nitrogens with zero attached hydrogens (tertiary/aromatic N) is 5. The van der Waals surface area contributed by atoms with Crippen LogP contribution < -0.4 is 10.2 Å². The molecule has 2 aromatic carbocycles. The van der Waals surface area contributed by atoms with Gasteiger partial charge in [0.2, 0.25) is 0 Å². The number of nitriles is 1. The van der Waals surface area contributed by atoms with Gasteiger partial charge in [0.25, 0.3) is 5.91 Å². The number of fused-ring (bicyclic) bond motifs is 1. The lowest BCUT2D eigenvalue weighted by Crippen LogP contribution is -2.33. The van der Waals surface area contributed by atoms with E-state index in [1.54, 1.807) is 17.9 Å². The van der Waals surface area contributed by atoms with Gasteiger partial charge in [0.15, 0.2) is 6.29 Å². The van der Waals surface area contributed by atoms with E-state index in [2.05, 4.69) is 38.7 Å². The summed E-state index contributed by atoms with van der Waals surface area (Å²) in [7, 11) is 1.60. The molecule has 0 bridgehead atoms. The monoisotopic (exact) mass is 643 g/mol. The van der Waals surface area contributed by atoms with Crippen LogP contribution in [0, 0.1) is 30.6 Å². The summed E-state index contributed by atoms with van der Waals surface area (Å²) in [6, 6.07) is 14.5. The number of ether oxygens (including phenoxy) is 5. The van der Waals surface area contributed by atoms with Crippen molar-refractivity contribution in [3.8, 4) is 6.07 Å². The van der Waals surface area contributed by atoms with E-state index in [1.807, 2.05) is 49.7 Å². The molecule has 12 nitrogen and oxygen atoms in total. The maximum atomic E-state index is 12.6. The second kappa shape index (κ2) is 18.5. The highest BCUT2D eigenvalue weighted by Crippen LogP contribution is 2.26. The number of carbonyl (C=O) groups excluding carboxylic acids is 1. The van der Waals surface area contributed by atoms with E-state index in [0.717, 1.165) is 35.1 Å². The lowest BCUT2D eigenvalue weighted by atomic mass is 10.0. The maximum absolute atomic E-state index is 12.6. The molecule has 2 aliphatic heterocycles. The molecule has 0 spiro atoms. The van der Waals surface area contributed by atoms with Crippen molar-refractivity contribution in [2.45, 2.75) is 44.8 Å². The van der Waals surface area contributed by atoms with Crippen LogP contribution >= 0.6 is 0 Å². The number of hydrogen-bond acceptors (Lipinski definition) is 10. The van der Waals surface area contributed by atoms with Crippen LogP contribution in [0.4, 0.5) is 5.69 Å². The second-order valence-electron chi connectivity index (χ2n) is 11.3. The van der Waals surface area contributed by atoms with E-state index in [0.29, 0.717) is 46.2 Å². The minimum atomic E-state index is -0.428. The number of anilines is 1. The van der Waals surface area contributed by atoms with E-state index in [9.17, 15) is 10.1 Å². The summed E-state index contributed by atoms with van der Waals surface area (Å²) in [5.74, 6) is -0.428. The highest BCUT2D eigenvalue weighted by atomic mass is 16.7. The first-order valence-electron chi connectivity index (χ1n) is 16.1. The number of benzene rings is 2. The predicted molar refractivity (Wildman–Crippen MR) is 176 cm³/mol. The third kappa shape index (κ3) is 10.8. The number of aromatic nitrogens is 3. The summed E-state index contributed by atoms with van der Waals surface area (Å²) in [6.07, 6.45) is 12.4. The molecular weight excluding hydrogens is 600 g/mol. The van der Waals surface area contributed by atoms with Gasteiger partial charge in [-0.05, 0) is 72.7 Å². The summed E-state index contributed by atoms with van der Waals surface area (Å²) in [5.41, 5.74) is 2.82. The third-order valence-corrected chi connectivity index (χ3v) is 7.86. The van der Waals surface area contributed by atoms with Gasteiger partial charge < -0.3 is 33.9 Å². The van der Waals surface area contributed by atoms with Crippen molar-refractivity contribution in [1.29, 1.82) is 5.26 Å². The smallest absolute Gasteiger partial charge is 0.262 e. The fourth-order valence-electron chi connectivity index (χ4n) is 5.41. The van der Waals surface area contributed by atoms with Crippen LogP contribution in [0.3, 0.4) is 0 Å². The predicted octanol–water partition coefficient (Wildman–Crippen LogP) is 3.68. The van der Waals surface area contributed by atoms with Gasteiger partial charge in [-0.1, -0.05) is 23.4 Å². The Morgan fingerprint density at radius 3 is 2.60 bits per heavy atom. The summed E-state index contributed by atoms with van der Waals surface area (Å²) in [5, 5.41) is 22.8. The average molecular weight is 644 g/mol. The van der Waals surface area contributed by atoms with Gasteiger partial charge in [-0.25, -0.2) is 4.68 Å². The Hall–Kier alpha value is -3.86. The van der Waals surface area contributed by atoms with Crippen LogP contribution in [-0.4, -0.2) is 93.1 Å². The van der Waals surface area contributed by atoms with E-state index < -0.39 is 5.91 Å². The van der Waals surface area contributed by atoms with Crippen LogP contribution in [0.5, 0.6) is 0 Å². The molecule has 5 rings (SSSR count). The molecule has 2 aliphatic rings. The Labute approximate surface area is 276 Å². The molecule has 3 heterocycles. The van der Waals surface area contributed by atoms with Crippen molar-refractivity contribution in [3.63, 3.8) is 0 Å². The van der Waals surface area contributed by atoms with Gasteiger partial charge in [-0.2, -0.15) is 5.26 Å². The summed E-state index contributed by atoms with van der Waals surface area (Å²) in [4.78, 5) is 15.0. The standard InChI is InChI=1S/C35H43N6O6/c1-43-34-7-5-6-33(47-34)25-41-24-31(38-39-41)26-46-19-18-45-17-16-44-15-12-37-35(42)30(23-36)21-27-8-9-29-22-32(11-10-28(29)20-27)40-13-3-2-4-14-40/h5-11,20-22,24,33-34H,2-4,12-19,25-26H2,1H3,(H,37,42)/b30-21+. The summed E-state index contributed by atoms with van der Waals surface area (Å²) in [6.45, 7) is 5.24. The first-order valence-corrected chi connectivity index (χ1v) is 16.1. The fraction of sp³-hybridized carbons (Fsp3) is 0.457. The Morgan fingerprint density at radius 1 is 1.02 bits per heavy atom. The Kier molecular flexibility index (Phi) is 13.5. The molecule has 249 valence electrons. The highest BCUT2D eigenvalue weighted by Gasteiger charge is 2.23. The van der Waals surface area contributed by atoms with Crippen molar-refractivity contribution in [3.05, 3.63) is 78.7 Å². The van der Waals surface area contributed by atoms with Gasteiger partial charge in [0.05, 0.1) is 58.5 Å². The quantitative estimate of drug-likeness (QED) is 0.132. The van der Waals surface area contributed by atoms with E-state index in [4.69, 9.17) is 23.7 Å². The Balaban J connectivity index is 0.914. The minimum absolute atomic E-state index is 0.0505. The normalized spacial score (nSPS) is 18.7. The first-order chi connectivity index (χ1) is 23.1. The largest absolute Gasteiger partial charge is 0.377 e. The maximum Gasteiger partial charge on any atom is 0.262 e. The number of rotatable bonds is 17. The zero-order chi connectivity index (χ0) is 32.7. The molecule has 1 aromatic heterocycles. The molecule has 47 heavy (non-hydrogen) atoms. The van der Waals surface area contributed by atoms with Crippen molar-refractivity contribution in [2.24, 2.45) is 0 Å². The van der Waals surface area contributed by atoms with E-state index in [1.165, 1.54) is 24.9 Å². The van der Waals surface area contributed by atoms with Gasteiger partial charge >= 0.3 is 0 Å². The number of methoxy groups -OCH3 is 1. The van der Waals surface area contributed by atoms with Gasteiger partial charge in [0, 0.05) is 38.9 Å². The highest BCUT2D eigenvalue weighted by molar-refractivity contribution is 6.02. The van der Waals surface area contributed by atoms with Crippen LogP contribution in [0.15, 0.2) is 48.2 Å². The molecule has 3 radical (unpaired) electrons. The van der Waals surface area contributed by atoms with E-state index >= 15 is 0 Å². The van der Waals surface area contributed by atoms with Gasteiger partial charge in [-0.15, -0.1) is 5.10 Å². The van der Waals surface area contributed by atoms with E-state index in [-0.39, 0.29) is 24.5 Å². The van der Waals surface area contributed by atoms with Crippen molar-refractivity contribution in [1.82, 2.24) is 20.3 Å². The van der Waals surface area contributed by atoms with Crippen molar-refractivity contribution < 1.29 is 28.5 Å². The first kappa shape index (κ1) is 34.5. The number of hydrogen-bond donors (Lipinski definition) is 1. The molecule has 0 aliphatic carbocycles.